The highest BCUT2D eigenvalue weighted by molar-refractivity contribution is 7.99. The first kappa shape index (κ1) is 21.6. The number of carbonyl (C=O) groups is 2. The molecule has 1 heterocycles. The number of para-hydroxylation sites is 1. The van der Waals surface area contributed by atoms with Crippen LogP contribution >= 0.6 is 11.8 Å². The van der Waals surface area contributed by atoms with E-state index >= 15 is 0 Å². The predicted octanol–water partition coefficient (Wildman–Crippen LogP) is 5.21. The lowest BCUT2D eigenvalue weighted by atomic mass is 10.1. The van der Waals surface area contributed by atoms with E-state index in [1.54, 1.807) is 18.3 Å². The van der Waals surface area contributed by atoms with Gasteiger partial charge in [0.05, 0.1) is 5.56 Å². The molecule has 1 aromatic heterocycles. The average Bonchev–Trinajstić information content (AvgIpc) is 2.75. The number of amides is 1. The molecule has 0 spiro atoms. The van der Waals surface area contributed by atoms with Crippen molar-refractivity contribution in [1.82, 2.24) is 4.98 Å². The maximum atomic E-state index is 12.6. The highest BCUT2D eigenvalue weighted by Gasteiger charge is 2.17. The molecule has 0 aliphatic rings. The van der Waals surface area contributed by atoms with Gasteiger partial charge in [-0.2, -0.15) is 0 Å². The fourth-order valence-corrected chi connectivity index (χ4v) is 3.80. The van der Waals surface area contributed by atoms with Crippen LogP contribution in [-0.4, -0.2) is 23.5 Å². The quantitative estimate of drug-likeness (QED) is 0.532. The standard InChI is InChI=1S/C24H24N2O3S/c1-4-18-8-5-7-17(3)22(18)26-21(27)15-29-24(28)20-9-6-14-25-23(20)30-19-12-10-16(2)11-13-19/h5-14H,4,15H2,1-3H3,(H,26,27). The van der Waals surface area contributed by atoms with E-state index in [-0.39, 0.29) is 12.5 Å². The minimum atomic E-state index is -0.576. The van der Waals surface area contributed by atoms with E-state index in [9.17, 15) is 9.59 Å². The first-order valence-corrected chi connectivity index (χ1v) is 10.5. The van der Waals surface area contributed by atoms with Crippen LogP contribution in [0, 0.1) is 13.8 Å². The number of carbonyl (C=O) groups excluding carboxylic acids is 2. The van der Waals surface area contributed by atoms with Crippen LogP contribution < -0.4 is 5.32 Å². The summed E-state index contributed by atoms with van der Waals surface area (Å²) >= 11 is 1.38. The van der Waals surface area contributed by atoms with Crippen LogP contribution in [0.15, 0.2) is 70.7 Å². The summed E-state index contributed by atoms with van der Waals surface area (Å²) in [5.41, 5.74) is 4.28. The Morgan fingerprint density at radius 1 is 1.03 bits per heavy atom. The molecule has 154 valence electrons. The highest BCUT2D eigenvalue weighted by atomic mass is 32.2. The Labute approximate surface area is 180 Å². The van der Waals surface area contributed by atoms with Gasteiger partial charge in [0.1, 0.15) is 5.03 Å². The molecular formula is C24H24N2O3S. The summed E-state index contributed by atoms with van der Waals surface area (Å²) in [5.74, 6) is -0.947. The number of hydrogen-bond acceptors (Lipinski definition) is 5. The summed E-state index contributed by atoms with van der Waals surface area (Å²) in [4.78, 5) is 30.2. The second-order valence-electron chi connectivity index (χ2n) is 6.86. The number of nitrogens with zero attached hydrogens (tertiary/aromatic N) is 1. The van der Waals surface area contributed by atoms with Crippen LogP contribution in [0.2, 0.25) is 0 Å². The van der Waals surface area contributed by atoms with Gasteiger partial charge in [0.25, 0.3) is 5.91 Å². The maximum absolute atomic E-state index is 12.6. The van der Waals surface area contributed by atoms with Crippen LogP contribution in [0.5, 0.6) is 0 Å². The summed E-state index contributed by atoms with van der Waals surface area (Å²) in [6, 6.07) is 17.2. The Bertz CT molecular complexity index is 1050. The molecule has 30 heavy (non-hydrogen) atoms. The zero-order valence-corrected chi connectivity index (χ0v) is 18.1. The molecule has 0 unspecified atom stereocenters. The fraction of sp³-hybridized carbons (Fsp3) is 0.208. The first-order valence-electron chi connectivity index (χ1n) is 9.73. The molecule has 6 heteroatoms. The molecule has 0 saturated carbocycles. The first-order chi connectivity index (χ1) is 14.5. The van der Waals surface area contributed by atoms with E-state index in [1.165, 1.54) is 11.8 Å². The third-order valence-electron chi connectivity index (χ3n) is 4.57. The molecule has 0 radical (unpaired) electrons. The van der Waals surface area contributed by atoms with Gasteiger partial charge in [0.2, 0.25) is 0 Å². The van der Waals surface area contributed by atoms with Gasteiger partial charge in [-0.05, 0) is 55.7 Å². The van der Waals surface area contributed by atoms with Crippen LogP contribution in [0.4, 0.5) is 5.69 Å². The van der Waals surface area contributed by atoms with Gasteiger partial charge >= 0.3 is 5.97 Å². The van der Waals surface area contributed by atoms with Gasteiger partial charge in [-0.15, -0.1) is 0 Å². The zero-order valence-electron chi connectivity index (χ0n) is 17.3. The van der Waals surface area contributed by atoms with Gasteiger partial charge < -0.3 is 10.1 Å². The SMILES string of the molecule is CCc1cccc(C)c1NC(=O)COC(=O)c1cccnc1Sc1ccc(C)cc1. The summed E-state index contributed by atoms with van der Waals surface area (Å²) in [5, 5.41) is 3.40. The second-order valence-corrected chi connectivity index (χ2v) is 7.92. The lowest BCUT2D eigenvalue weighted by Gasteiger charge is -2.13. The minimum Gasteiger partial charge on any atom is -0.452 e. The molecule has 1 amide bonds. The molecule has 0 aliphatic carbocycles. The van der Waals surface area contributed by atoms with Crippen LogP contribution in [0.3, 0.4) is 0 Å². The van der Waals surface area contributed by atoms with Crippen molar-refractivity contribution in [3.63, 3.8) is 0 Å². The van der Waals surface area contributed by atoms with E-state index in [4.69, 9.17) is 4.74 Å². The normalized spacial score (nSPS) is 10.5. The lowest BCUT2D eigenvalue weighted by Crippen LogP contribution is -2.22. The Balaban J connectivity index is 1.65. The van der Waals surface area contributed by atoms with Crippen molar-refractivity contribution in [2.75, 3.05) is 11.9 Å². The molecule has 0 atom stereocenters. The summed E-state index contributed by atoms with van der Waals surface area (Å²) in [6.07, 6.45) is 2.43. The van der Waals surface area contributed by atoms with Crippen molar-refractivity contribution in [1.29, 1.82) is 0 Å². The molecule has 2 aromatic carbocycles. The largest absolute Gasteiger partial charge is 0.452 e. The number of aryl methyl sites for hydroxylation is 3. The van der Waals surface area contributed by atoms with E-state index in [0.717, 1.165) is 33.7 Å². The Hall–Kier alpha value is -3.12. The summed E-state index contributed by atoms with van der Waals surface area (Å²) in [7, 11) is 0. The summed E-state index contributed by atoms with van der Waals surface area (Å²) in [6.45, 7) is 5.62. The van der Waals surface area contributed by atoms with Crippen molar-refractivity contribution in [2.24, 2.45) is 0 Å². The number of esters is 1. The highest BCUT2D eigenvalue weighted by Crippen LogP contribution is 2.29. The van der Waals surface area contributed by atoms with Crippen molar-refractivity contribution in [3.8, 4) is 0 Å². The number of aromatic nitrogens is 1. The number of rotatable bonds is 7. The average molecular weight is 421 g/mol. The number of anilines is 1. The molecule has 0 saturated heterocycles. The van der Waals surface area contributed by atoms with Crippen LogP contribution in [-0.2, 0) is 16.0 Å². The molecular weight excluding hydrogens is 396 g/mol. The Morgan fingerprint density at radius 3 is 2.53 bits per heavy atom. The van der Waals surface area contributed by atoms with Crippen molar-refractivity contribution in [2.45, 2.75) is 37.1 Å². The molecule has 3 aromatic rings. The van der Waals surface area contributed by atoms with Crippen molar-refractivity contribution in [3.05, 3.63) is 83.0 Å². The molecule has 1 N–H and O–H groups in total. The molecule has 3 rings (SSSR count). The maximum Gasteiger partial charge on any atom is 0.341 e. The molecule has 0 bridgehead atoms. The number of ether oxygens (including phenoxy) is 1. The topological polar surface area (TPSA) is 68.3 Å². The monoisotopic (exact) mass is 420 g/mol. The Morgan fingerprint density at radius 2 is 1.80 bits per heavy atom. The Kier molecular flexibility index (Phi) is 7.25. The van der Waals surface area contributed by atoms with Crippen LogP contribution in [0.1, 0.15) is 34.0 Å². The van der Waals surface area contributed by atoms with E-state index in [2.05, 4.69) is 10.3 Å². The van der Waals surface area contributed by atoms with Crippen molar-refractivity contribution < 1.29 is 14.3 Å². The van der Waals surface area contributed by atoms with Crippen LogP contribution in [0.25, 0.3) is 0 Å². The fourth-order valence-electron chi connectivity index (χ4n) is 2.93. The zero-order chi connectivity index (χ0) is 21.5. The van der Waals surface area contributed by atoms with Gasteiger partial charge in [-0.1, -0.05) is 54.6 Å². The minimum absolute atomic E-state index is 0.334. The number of nitrogens with one attached hydrogen (secondary N) is 1. The molecule has 5 nitrogen and oxygen atoms in total. The van der Waals surface area contributed by atoms with Gasteiger partial charge in [0, 0.05) is 16.8 Å². The molecule has 0 aliphatic heterocycles. The van der Waals surface area contributed by atoms with Gasteiger partial charge in [0.15, 0.2) is 6.61 Å². The van der Waals surface area contributed by atoms with E-state index in [1.807, 2.05) is 63.2 Å². The predicted molar refractivity (Wildman–Crippen MR) is 119 cm³/mol. The van der Waals surface area contributed by atoms with Gasteiger partial charge in [-0.25, -0.2) is 9.78 Å². The number of pyridine rings is 1. The smallest absolute Gasteiger partial charge is 0.341 e. The number of benzene rings is 2. The third kappa shape index (κ3) is 5.48. The summed E-state index contributed by atoms with van der Waals surface area (Å²) < 4.78 is 5.27. The van der Waals surface area contributed by atoms with Gasteiger partial charge in [-0.3, -0.25) is 4.79 Å². The molecule has 0 fully saturated rings. The number of hydrogen-bond donors (Lipinski definition) is 1. The van der Waals surface area contributed by atoms with Crippen molar-refractivity contribution >= 4 is 29.3 Å². The van der Waals surface area contributed by atoms with E-state index in [0.29, 0.717) is 10.6 Å². The third-order valence-corrected chi connectivity index (χ3v) is 5.59. The lowest BCUT2D eigenvalue weighted by molar-refractivity contribution is -0.119. The van der Waals surface area contributed by atoms with E-state index < -0.39 is 5.97 Å². The second kappa shape index (κ2) is 10.1.